The lowest BCUT2D eigenvalue weighted by Gasteiger charge is -2.31. The van der Waals surface area contributed by atoms with Crippen molar-refractivity contribution in [1.29, 1.82) is 0 Å². The second kappa shape index (κ2) is 10.3. The fraction of sp³-hybridized carbons (Fsp3) is 0.400. The summed E-state index contributed by atoms with van der Waals surface area (Å²) in [6.45, 7) is 1.43. The van der Waals surface area contributed by atoms with Crippen LogP contribution in [0.5, 0.6) is 5.75 Å². The molecule has 1 N–H and O–H groups in total. The van der Waals surface area contributed by atoms with Gasteiger partial charge in [-0.05, 0) is 43.4 Å². The molecule has 32 heavy (non-hydrogen) atoms. The molecule has 7 nitrogen and oxygen atoms in total. The van der Waals surface area contributed by atoms with Gasteiger partial charge in [0.2, 0.25) is 5.91 Å². The number of amides is 3. The molecule has 4 rings (SSSR count). The number of nitrogens with zero attached hydrogens (tertiary/aromatic N) is 2. The van der Waals surface area contributed by atoms with E-state index in [4.69, 9.17) is 4.74 Å². The highest BCUT2D eigenvalue weighted by molar-refractivity contribution is 5.94. The van der Waals surface area contributed by atoms with E-state index < -0.39 is 12.1 Å². The summed E-state index contributed by atoms with van der Waals surface area (Å²) in [5, 5.41) is 2.92. The number of hydrogen-bond acceptors (Lipinski definition) is 4. The summed E-state index contributed by atoms with van der Waals surface area (Å²) in [6, 6.07) is 17.6. The van der Waals surface area contributed by atoms with Crippen molar-refractivity contribution >= 4 is 17.7 Å². The minimum Gasteiger partial charge on any atom is -0.486 e. The Morgan fingerprint density at radius 1 is 0.844 bits per heavy atom. The van der Waals surface area contributed by atoms with Gasteiger partial charge >= 0.3 is 6.03 Å². The van der Waals surface area contributed by atoms with Crippen LogP contribution in [0.2, 0.25) is 0 Å². The summed E-state index contributed by atoms with van der Waals surface area (Å²) in [5.74, 6) is 0.402. The Morgan fingerprint density at radius 2 is 1.47 bits per heavy atom. The van der Waals surface area contributed by atoms with E-state index in [2.05, 4.69) is 5.32 Å². The van der Waals surface area contributed by atoms with Gasteiger partial charge in [0.05, 0.1) is 6.04 Å². The van der Waals surface area contributed by atoms with Crippen LogP contribution in [0.4, 0.5) is 4.79 Å². The summed E-state index contributed by atoms with van der Waals surface area (Å²) in [6.07, 6.45) is 2.81. The Hall–Kier alpha value is -3.35. The SMILES string of the molecule is O=C(COc1ccccc1)[C@@H]1CCCN1C(=O)C1CCCN1C(=O)NCc1ccccc1. The fourth-order valence-electron chi connectivity index (χ4n) is 4.47. The molecule has 0 aromatic heterocycles. The van der Waals surface area contributed by atoms with Gasteiger partial charge in [-0.2, -0.15) is 0 Å². The molecule has 7 heteroatoms. The average molecular weight is 436 g/mol. The molecule has 0 spiro atoms. The number of benzene rings is 2. The molecular formula is C25H29N3O4. The number of ketones is 1. The van der Waals surface area contributed by atoms with Crippen molar-refractivity contribution in [1.82, 2.24) is 15.1 Å². The Morgan fingerprint density at radius 3 is 2.19 bits per heavy atom. The molecule has 0 saturated carbocycles. The summed E-state index contributed by atoms with van der Waals surface area (Å²) >= 11 is 0. The van der Waals surface area contributed by atoms with Crippen LogP contribution in [0.1, 0.15) is 31.2 Å². The maximum Gasteiger partial charge on any atom is 0.318 e. The van der Waals surface area contributed by atoms with Crippen molar-refractivity contribution in [2.75, 3.05) is 19.7 Å². The van der Waals surface area contributed by atoms with Crippen molar-refractivity contribution in [2.24, 2.45) is 0 Å². The molecule has 2 saturated heterocycles. The molecule has 1 unspecified atom stereocenters. The number of para-hydroxylation sites is 1. The number of carbonyl (C=O) groups excluding carboxylic acids is 3. The summed E-state index contributed by atoms with van der Waals surface area (Å²) in [7, 11) is 0. The third-order valence-corrected chi connectivity index (χ3v) is 6.12. The van der Waals surface area contributed by atoms with Crippen molar-refractivity contribution in [3.8, 4) is 5.75 Å². The van der Waals surface area contributed by atoms with E-state index in [1.165, 1.54) is 0 Å². The van der Waals surface area contributed by atoms with E-state index in [1.54, 1.807) is 21.9 Å². The molecule has 0 bridgehead atoms. The lowest BCUT2D eigenvalue weighted by atomic mass is 10.1. The van der Waals surface area contributed by atoms with Gasteiger partial charge < -0.3 is 19.9 Å². The third-order valence-electron chi connectivity index (χ3n) is 6.12. The Bertz CT molecular complexity index is 859. The van der Waals surface area contributed by atoms with Crippen LogP contribution in [-0.4, -0.2) is 59.3 Å². The zero-order valence-electron chi connectivity index (χ0n) is 18.1. The van der Waals surface area contributed by atoms with Gasteiger partial charge in [0.25, 0.3) is 0 Å². The molecule has 2 atom stereocenters. The predicted octanol–water partition coefficient (Wildman–Crippen LogP) is 3.00. The normalized spacial score (nSPS) is 20.2. The van der Waals surface area contributed by atoms with Crippen LogP contribution in [0.25, 0.3) is 0 Å². The predicted molar refractivity (Wildman–Crippen MR) is 120 cm³/mol. The first-order valence-electron chi connectivity index (χ1n) is 11.2. The van der Waals surface area contributed by atoms with E-state index in [9.17, 15) is 14.4 Å². The number of Topliss-reactive ketones (excluding diaryl/α,β-unsaturated/α-hetero) is 1. The molecule has 3 amide bonds. The lowest BCUT2D eigenvalue weighted by Crippen LogP contribution is -2.53. The second-order valence-corrected chi connectivity index (χ2v) is 8.25. The molecule has 2 aromatic carbocycles. The highest BCUT2D eigenvalue weighted by atomic mass is 16.5. The fourth-order valence-corrected chi connectivity index (χ4v) is 4.47. The Labute approximate surface area is 188 Å². The molecule has 2 aliphatic rings. The van der Waals surface area contributed by atoms with Crippen LogP contribution >= 0.6 is 0 Å². The molecule has 2 aliphatic heterocycles. The topological polar surface area (TPSA) is 79.0 Å². The number of nitrogens with one attached hydrogen (secondary N) is 1. The van der Waals surface area contributed by atoms with E-state index in [0.717, 1.165) is 18.4 Å². The molecular weight excluding hydrogens is 406 g/mol. The minimum absolute atomic E-state index is 0.0651. The van der Waals surface area contributed by atoms with Gasteiger partial charge in [0.1, 0.15) is 18.4 Å². The zero-order chi connectivity index (χ0) is 22.3. The summed E-state index contributed by atoms with van der Waals surface area (Å²) in [4.78, 5) is 42.2. The van der Waals surface area contributed by atoms with Crippen molar-refractivity contribution < 1.29 is 19.1 Å². The molecule has 2 fully saturated rings. The maximum atomic E-state index is 13.3. The van der Waals surface area contributed by atoms with Crippen molar-refractivity contribution in [2.45, 2.75) is 44.3 Å². The van der Waals surface area contributed by atoms with Crippen molar-refractivity contribution in [3.05, 3.63) is 66.2 Å². The van der Waals surface area contributed by atoms with E-state index in [0.29, 0.717) is 38.2 Å². The van der Waals surface area contributed by atoms with Gasteiger partial charge in [-0.1, -0.05) is 48.5 Å². The molecule has 0 aliphatic carbocycles. The van der Waals surface area contributed by atoms with Crippen LogP contribution in [0, 0.1) is 0 Å². The van der Waals surface area contributed by atoms with Crippen LogP contribution in [0.15, 0.2) is 60.7 Å². The smallest absolute Gasteiger partial charge is 0.318 e. The highest BCUT2D eigenvalue weighted by Gasteiger charge is 2.42. The Kier molecular flexibility index (Phi) is 7.04. The largest absolute Gasteiger partial charge is 0.486 e. The standard InChI is InChI=1S/C25H29N3O4/c29-23(18-32-20-11-5-2-6-12-20)21-13-7-15-27(21)24(30)22-14-8-16-28(22)25(31)26-17-19-9-3-1-4-10-19/h1-6,9-12,21-22H,7-8,13-18H2,(H,26,31)/t21-,22?/m0/s1. The van der Waals surface area contributed by atoms with E-state index >= 15 is 0 Å². The minimum atomic E-state index is -0.519. The lowest BCUT2D eigenvalue weighted by molar-refractivity contribution is -0.141. The van der Waals surface area contributed by atoms with Gasteiger partial charge in [-0.15, -0.1) is 0 Å². The number of hydrogen-bond donors (Lipinski definition) is 1. The first-order chi connectivity index (χ1) is 15.6. The number of ether oxygens (including phenoxy) is 1. The van der Waals surface area contributed by atoms with Gasteiger partial charge in [0.15, 0.2) is 5.78 Å². The highest BCUT2D eigenvalue weighted by Crippen LogP contribution is 2.25. The summed E-state index contributed by atoms with van der Waals surface area (Å²) < 4.78 is 5.61. The summed E-state index contributed by atoms with van der Waals surface area (Å²) in [5.41, 5.74) is 1.01. The van der Waals surface area contributed by atoms with Crippen LogP contribution in [-0.2, 0) is 16.1 Å². The maximum absolute atomic E-state index is 13.3. The van der Waals surface area contributed by atoms with E-state index in [1.807, 2.05) is 48.5 Å². The number of likely N-dealkylation sites (tertiary alicyclic amines) is 2. The third kappa shape index (κ3) is 5.10. The first-order valence-corrected chi connectivity index (χ1v) is 11.2. The molecule has 2 heterocycles. The molecule has 0 radical (unpaired) electrons. The average Bonchev–Trinajstić information content (AvgIpc) is 3.52. The number of carbonyl (C=O) groups is 3. The first kappa shape index (κ1) is 21.9. The van der Waals surface area contributed by atoms with Gasteiger partial charge in [-0.3, -0.25) is 9.59 Å². The monoisotopic (exact) mass is 435 g/mol. The van der Waals surface area contributed by atoms with Crippen molar-refractivity contribution in [3.63, 3.8) is 0 Å². The van der Waals surface area contributed by atoms with Gasteiger partial charge in [0, 0.05) is 19.6 Å². The zero-order valence-corrected chi connectivity index (χ0v) is 18.1. The van der Waals surface area contributed by atoms with Crippen LogP contribution < -0.4 is 10.1 Å². The van der Waals surface area contributed by atoms with Crippen LogP contribution in [0.3, 0.4) is 0 Å². The molecule has 2 aromatic rings. The van der Waals surface area contributed by atoms with Gasteiger partial charge in [-0.25, -0.2) is 4.79 Å². The number of rotatable bonds is 7. The van der Waals surface area contributed by atoms with E-state index in [-0.39, 0.29) is 24.3 Å². The Balaban J connectivity index is 1.35. The second-order valence-electron chi connectivity index (χ2n) is 8.25. The number of urea groups is 1. The quantitative estimate of drug-likeness (QED) is 0.725. The molecule has 168 valence electrons.